The van der Waals surface area contributed by atoms with Crippen molar-refractivity contribution in [2.45, 2.75) is 39.0 Å². The maximum absolute atomic E-state index is 12.6. The minimum atomic E-state index is -3.65. The van der Waals surface area contributed by atoms with Crippen molar-refractivity contribution in [2.24, 2.45) is 0 Å². The van der Waals surface area contributed by atoms with Gasteiger partial charge in [0.25, 0.3) is 0 Å². The summed E-state index contributed by atoms with van der Waals surface area (Å²) >= 11 is 2.21. The number of halogens is 1. The van der Waals surface area contributed by atoms with Gasteiger partial charge in [-0.15, -0.1) is 0 Å². The van der Waals surface area contributed by atoms with Crippen LogP contribution in [0.25, 0.3) is 0 Å². The molecule has 2 rings (SSSR count). The molecule has 2 aromatic carbocycles. The van der Waals surface area contributed by atoms with Crippen LogP contribution in [0.15, 0.2) is 35.2 Å². The molecule has 0 saturated heterocycles. The Morgan fingerprint density at radius 3 is 2.19 bits per heavy atom. The van der Waals surface area contributed by atoms with E-state index in [-0.39, 0.29) is 23.8 Å². The average Bonchev–Trinajstić information content (AvgIpc) is 2.48. The van der Waals surface area contributed by atoms with Crippen LogP contribution in [0.2, 0.25) is 0 Å². The van der Waals surface area contributed by atoms with E-state index in [0.717, 1.165) is 20.4 Å². The molecular weight excluding hydrogens is 463 g/mol. The van der Waals surface area contributed by atoms with Gasteiger partial charge in [-0.25, -0.2) is 13.1 Å². The zero-order chi connectivity index (χ0) is 19.5. The molecule has 0 aliphatic heterocycles. The minimum absolute atomic E-state index is 0.0460. The lowest BCUT2D eigenvalue weighted by Gasteiger charge is -2.13. The number of anilines is 1. The maximum Gasteiger partial charge on any atom is 0.241 e. The molecule has 0 bridgehead atoms. The van der Waals surface area contributed by atoms with Gasteiger partial charge in [-0.05, 0) is 85.2 Å². The normalized spacial score (nSPS) is 11.4. The molecule has 26 heavy (non-hydrogen) atoms. The van der Waals surface area contributed by atoms with Crippen molar-refractivity contribution in [3.05, 3.63) is 56.2 Å². The molecule has 0 atom stereocenters. The molecule has 0 aliphatic rings. The predicted molar refractivity (Wildman–Crippen MR) is 113 cm³/mol. The number of aryl methyl sites for hydroxylation is 4. The van der Waals surface area contributed by atoms with Gasteiger partial charge in [0.05, 0.1) is 4.90 Å². The Bertz CT molecular complexity index is 917. The van der Waals surface area contributed by atoms with E-state index in [1.54, 1.807) is 13.8 Å². The molecule has 7 heteroatoms. The van der Waals surface area contributed by atoms with Crippen LogP contribution in [0.5, 0.6) is 0 Å². The van der Waals surface area contributed by atoms with Crippen LogP contribution in [0, 0.1) is 31.3 Å². The lowest BCUT2D eigenvalue weighted by atomic mass is 10.1. The number of nitrogens with one attached hydrogen (secondary N) is 2. The van der Waals surface area contributed by atoms with Gasteiger partial charge in [0.2, 0.25) is 15.9 Å². The SMILES string of the molecule is Cc1cc(C)c(S(=O)(=O)NCCC(=O)Nc2ccc(I)cc2C)c(C)c1. The Balaban J connectivity index is 1.99. The molecular formula is C19H23IN2O3S. The van der Waals surface area contributed by atoms with E-state index in [0.29, 0.717) is 11.1 Å². The van der Waals surface area contributed by atoms with E-state index >= 15 is 0 Å². The van der Waals surface area contributed by atoms with E-state index in [1.165, 1.54) is 0 Å². The molecule has 5 nitrogen and oxygen atoms in total. The zero-order valence-electron chi connectivity index (χ0n) is 15.3. The Morgan fingerprint density at radius 2 is 1.62 bits per heavy atom. The van der Waals surface area contributed by atoms with Crippen molar-refractivity contribution in [1.82, 2.24) is 4.72 Å². The first-order valence-electron chi connectivity index (χ1n) is 8.23. The molecule has 0 aromatic heterocycles. The first-order valence-corrected chi connectivity index (χ1v) is 10.8. The number of benzene rings is 2. The molecule has 1 amide bonds. The average molecular weight is 486 g/mol. The van der Waals surface area contributed by atoms with E-state index in [9.17, 15) is 13.2 Å². The largest absolute Gasteiger partial charge is 0.326 e. The summed E-state index contributed by atoms with van der Waals surface area (Å²) in [7, 11) is -3.65. The highest BCUT2D eigenvalue weighted by Gasteiger charge is 2.19. The second-order valence-corrected chi connectivity index (χ2v) is 9.33. The van der Waals surface area contributed by atoms with Crippen LogP contribution in [0.1, 0.15) is 28.7 Å². The summed E-state index contributed by atoms with van der Waals surface area (Å²) in [5, 5.41) is 2.82. The first-order chi connectivity index (χ1) is 12.1. The van der Waals surface area contributed by atoms with E-state index in [4.69, 9.17) is 0 Å². The molecule has 0 saturated carbocycles. The number of rotatable bonds is 6. The standard InChI is InChI=1S/C19H23IN2O3S/c1-12-9-14(3)19(15(4)10-12)26(24,25)21-8-7-18(23)22-17-6-5-16(20)11-13(17)2/h5-6,9-11,21H,7-8H2,1-4H3,(H,22,23). The predicted octanol–water partition coefficient (Wildman–Crippen LogP) is 3.83. The fraction of sp³-hybridized carbons (Fsp3) is 0.316. The first kappa shape index (κ1) is 20.9. The van der Waals surface area contributed by atoms with E-state index < -0.39 is 10.0 Å². The summed E-state index contributed by atoms with van der Waals surface area (Å²) in [6, 6.07) is 9.41. The zero-order valence-corrected chi connectivity index (χ0v) is 18.3. The van der Waals surface area contributed by atoms with Crippen molar-refractivity contribution >= 4 is 44.2 Å². The molecule has 0 fully saturated rings. The fourth-order valence-electron chi connectivity index (χ4n) is 2.94. The number of carbonyl (C=O) groups excluding carboxylic acids is 1. The Hall–Kier alpha value is -1.45. The molecule has 2 N–H and O–H groups in total. The molecule has 0 aliphatic carbocycles. The fourth-order valence-corrected chi connectivity index (χ4v) is 5.07. The van der Waals surface area contributed by atoms with E-state index in [2.05, 4.69) is 32.6 Å². The Kier molecular flexibility index (Phi) is 6.81. The van der Waals surface area contributed by atoms with Gasteiger partial charge >= 0.3 is 0 Å². The van der Waals surface area contributed by atoms with Gasteiger partial charge in [0.15, 0.2) is 0 Å². The number of hydrogen-bond donors (Lipinski definition) is 2. The molecule has 140 valence electrons. The van der Waals surface area contributed by atoms with Gasteiger partial charge in [0, 0.05) is 22.2 Å². The van der Waals surface area contributed by atoms with Gasteiger partial charge in [0.1, 0.15) is 0 Å². The van der Waals surface area contributed by atoms with Gasteiger partial charge in [-0.2, -0.15) is 0 Å². The maximum atomic E-state index is 12.6. The summed E-state index contributed by atoms with van der Waals surface area (Å²) < 4.78 is 28.8. The molecule has 0 radical (unpaired) electrons. The highest BCUT2D eigenvalue weighted by molar-refractivity contribution is 14.1. The van der Waals surface area contributed by atoms with Gasteiger partial charge in [-0.3, -0.25) is 4.79 Å². The van der Waals surface area contributed by atoms with Crippen LogP contribution in [0.3, 0.4) is 0 Å². The number of hydrogen-bond acceptors (Lipinski definition) is 3. The van der Waals surface area contributed by atoms with E-state index in [1.807, 2.05) is 44.2 Å². The van der Waals surface area contributed by atoms with Crippen LogP contribution in [-0.4, -0.2) is 20.9 Å². The van der Waals surface area contributed by atoms with Gasteiger partial charge < -0.3 is 5.32 Å². The molecule has 2 aromatic rings. The van der Waals surface area contributed by atoms with Crippen LogP contribution >= 0.6 is 22.6 Å². The van der Waals surface area contributed by atoms with Crippen LogP contribution in [-0.2, 0) is 14.8 Å². The summed E-state index contributed by atoms with van der Waals surface area (Å²) in [6.07, 6.45) is 0.0641. The number of sulfonamides is 1. The Morgan fingerprint density at radius 1 is 1.00 bits per heavy atom. The second-order valence-electron chi connectivity index (χ2n) is 6.38. The lowest BCUT2D eigenvalue weighted by Crippen LogP contribution is -2.29. The minimum Gasteiger partial charge on any atom is -0.326 e. The molecule has 0 unspecified atom stereocenters. The topological polar surface area (TPSA) is 75.3 Å². The highest BCUT2D eigenvalue weighted by Crippen LogP contribution is 2.21. The highest BCUT2D eigenvalue weighted by atomic mass is 127. The lowest BCUT2D eigenvalue weighted by molar-refractivity contribution is -0.116. The number of carbonyl (C=O) groups is 1. The monoisotopic (exact) mass is 486 g/mol. The van der Waals surface area contributed by atoms with Crippen molar-refractivity contribution < 1.29 is 13.2 Å². The van der Waals surface area contributed by atoms with Crippen molar-refractivity contribution in [2.75, 3.05) is 11.9 Å². The van der Waals surface area contributed by atoms with Crippen molar-refractivity contribution in [3.8, 4) is 0 Å². The van der Waals surface area contributed by atoms with Crippen LogP contribution in [0.4, 0.5) is 5.69 Å². The smallest absolute Gasteiger partial charge is 0.241 e. The van der Waals surface area contributed by atoms with Crippen molar-refractivity contribution in [1.29, 1.82) is 0 Å². The summed E-state index contributed by atoms with van der Waals surface area (Å²) in [5.41, 5.74) is 4.13. The summed E-state index contributed by atoms with van der Waals surface area (Å²) in [4.78, 5) is 12.4. The van der Waals surface area contributed by atoms with Gasteiger partial charge in [-0.1, -0.05) is 17.7 Å². The third-order valence-electron chi connectivity index (χ3n) is 3.98. The third-order valence-corrected chi connectivity index (χ3v) is 6.42. The quantitative estimate of drug-likeness (QED) is 0.610. The van der Waals surface area contributed by atoms with Crippen molar-refractivity contribution in [3.63, 3.8) is 0 Å². The third kappa shape index (κ3) is 5.28. The Labute approximate surface area is 168 Å². The molecule has 0 heterocycles. The number of amides is 1. The second kappa shape index (κ2) is 8.49. The summed E-state index contributed by atoms with van der Waals surface area (Å²) in [6.45, 7) is 7.45. The summed E-state index contributed by atoms with van der Waals surface area (Å²) in [5.74, 6) is -0.227. The molecule has 0 spiro atoms. The van der Waals surface area contributed by atoms with Crippen LogP contribution < -0.4 is 10.0 Å².